The molecule has 0 aliphatic carbocycles. The molecule has 1 fully saturated rings. The monoisotopic (exact) mass is 315 g/mol. The molecule has 1 atom stereocenters. The van der Waals surface area contributed by atoms with E-state index in [9.17, 15) is 12.8 Å². The molecule has 1 aliphatic heterocycles. The van der Waals surface area contributed by atoms with Crippen LogP contribution in [0.25, 0.3) is 0 Å². The van der Waals surface area contributed by atoms with Crippen LogP contribution in [0, 0.1) is 12.7 Å². The number of nitrogen functional groups attached to an aromatic ring is 1. The van der Waals surface area contributed by atoms with Crippen LogP contribution in [0.15, 0.2) is 17.0 Å². The van der Waals surface area contributed by atoms with Gasteiger partial charge in [-0.1, -0.05) is 6.42 Å². The number of sulfonamides is 1. The van der Waals surface area contributed by atoms with E-state index in [1.54, 1.807) is 6.92 Å². The number of likely N-dealkylation sites (tertiary alicyclic amines) is 1. The molecule has 0 spiro atoms. The summed E-state index contributed by atoms with van der Waals surface area (Å²) in [6.45, 7) is 2.90. The standard InChI is InChI=1S/C14H22FN3O2S/c1-10-7-12(15)13(16)8-14(10)21(19,20)17-9-11-5-3-4-6-18(11)2/h7-8,11,17H,3-6,9,16H2,1-2H3. The second kappa shape index (κ2) is 6.29. The van der Waals surface area contributed by atoms with Gasteiger partial charge in [-0.25, -0.2) is 17.5 Å². The molecule has 5 nitrogen and oxygen atoms in total. The van der Waals surface area contributed by atoms with Crippen LogP contribution >= 0.6 is 0 Å². The highest BCUT2D eigenvalue weighted by atomic mass is 32.2. The van der Waals surface area contributed by atoms with Gasteiger partial charge in [-0.05, 0) is 51.1 Å². The number of likely N-dealkylation sites (N-methyl/N-ethyl adjacent to an activating group) is 1. The number of halogens is 1. The van der Waals surface area contributed by atoms with Crippen LogP contribution in [-0.4, -0.2) is 39.5 Å². The van der Waals surface area contributed by atoms with Gasteiger partial charge >= 0.3 is 0 Å². The van der Waals surface area contributed by atoms with Crippen molar-refractivity contribution in [2.45, 2.75) is 37.1 Å². The lowest BCUT2D eigenvalue weighted by Gasteiger charge is -2.32. The van der Waals surface area contributed by atoms with Gasteiger partial charge in [0.2, 0.25) is 10.0 Å². The number of piperidine rings is 1. The van der Waals surface area contributed by atoms with Crippen LogP contribution in [0.4, 0.5) is 10.1 Å². The SMILES string of the molecule is Cc1cc(F)c(N)cc1S(=O)(=O)NCC1CCCCN1C. The van der Waals surface area contributed by atoms with Crippen molar-refractivity contribution in [3.05, 3.63) is 23.5 Å². The summed E-state index contributed by atoms with van der Waals surface area (Å²) in [5.41, 5.74) is 5.67. The van der Waals surface area contributed by atoms with E-state index in [0.717, 1.165) is 31.9 Å². The molecular formula is C14H22FN3O2S. The van der Waals surface area contributed by atoms with Crippen molar-refractivity contribution in [1.82, 2.24) is 9.62 Å². The third-order valence-corrected chi connectivity index (χ3v) is 5.58. The quantitative estimate of drug-likeness (QED) is 0.825. The largest absolute Gasteiger partial charge is 0.396 e. The Hall–Kier alpha value is -1.18. The summed E-state index contributed by atoms with van der Waals surface area (Å²) in [4.78, 5) is 2.21. The minimum atomic E-state index is -3.68. The number of rotatable bonds is 4. The van der Waals surface area contributed by atoms with E-state index in [1.165, 1.54) is 6.07 Å². The first-order valence-electron chi connectivity index (χ1n) is 7.07. The number of nitrogens with two attached hydrogens (primary N) is 1. The fraction of sp³-hybridized carbons (Fsp3) is 0.571. The van der Waals surface area contributed by atoms with E-state index in [-0.39, 0.29) is 16.6 Å². The topological polar surface area (TPSA) is 75.4 Å². The first kappa shape index (κ1) is 16.2. The summed E-state index contributed by atoms with van der Waals surface area (Å²) in [7, 11) is -1.68. The Morgan fingerprint density at radius 3 is 2.81 bits per heavy atom. The Morgan fingerprint density at radius 2 is 2.14 bits per heavy atom. The zero-order chi connectivity index (χ0) is 15.6. The molecule has 1 aromatic rings. The van der Waals surface area contributed by atoms with Gasteiger partial charge in [0.25, 0.3) is 0 Å². The average Bonchev–Trinajstić information content (AvgIpc) is 2.42. The lowest BCUT2D eigenvalue weighted by Crippen LogP contribution is -2.44. The summed E-state index contributed by atoms with van der Waals surface area (Å²) in [5.74, 6) is -0.599. The van der Waals surface area contributed by atoms with Crippen molar-refractivity contribution >= 4 is 15.7 Å². The number of nitrogens with zero attached hydrogens (tertiary/aromatic N) is 1. The normalized spacial score (nSPS) is 20.6. The second-order valence-corrected chi connectivity index (χ2v) is 7.36. The summed E-state index contributed by atoms with van der Waals surface area (Å²) in [6, 6.07) is 2.53. The Morgan fingerprint density at radius 1 is 1.43 bits per heavy atom. The first-order valence-corrected chi connectivity index (χ1v) is 8.55. The first-order chi connectivity index (χ1) is 9.81. The van der Waals surface area contributed by atoms with E-state index in [2.05, 4.69) is 9.62 Å². The summed E-state index contributed by atoms with van der Waals surface area (Å²) < 4.78 is 40.7. The summed E-state index contributed by atoms with van der Waals surface area (Å²) >= 11 is 0. The van der Waals surface area contributed by atoms with Gasteiger partial charge in [0.05, 0.1) is 10.6 Å². The molecule has 0 saturated carbocycles. The van der Waals surface area contributed by atoms with Crippen molar-refractivity contribution in [2.75, 3.05) is 25.9 Å². The highest BCUT2D eigenvalue weighted by Gasteiger charge is 2.23. The molecule has 118 valence electrons. The highest BCUT2D eigenvalue weighted by molar-refractivity contribution is 7.89. The minimum Gasteiger partial charge on any atom is -0.396 e. The number of aryl methyl sites for hydroxylation is 1. The minimum absolute atomic E-state index is 0.0415. The predicted molar refractivity (Wildman–Crippen MR) is 81.0 cm³/mol. The molecule has 0 amide bonds. The molecule has 1 saturated heterocycles. The van der Waals surface area contributed by atoms with Gasteiger partial charge in [0.15, 0.2) is 0 Å². The maximum atomic E-state index is 13.3. The van der Waals surface area contributed by atoms with Crippen LogP contribution in [0.1, 0.15) is 24.8 Å². The molecule has 7 heteroatoms. The van der Waals surface area contributed by atoms with Gasteiger partial charge in [-0.15, -0.1) is 0 Å². The van der Waals surface area contributed by atoms with Crippen LogP contribution < -0.4 is 10.5 Å². The molecule has 2 rings (SSSR count). The van der Waals surface area contributed by atoms with E-state index >= 15 is 0 Å². The highest BCUT2D eigenvalue weighted by Crippen LogP contribution is 2.22. The Balaban J connectivity index is 2.13. The summed E-state index contributed by atoms with van der Waals surface area (Å²) in [6.07, 6.45) is 3.23. The average molecular weight is 315 g/mol. The Kier molecular flexibility index (Phi) is 4.85. The molecule has 0 aromatic heterocycles. The van der Waals surface area contributed by atoms with Crippen molar-refractivity contribution in [3.8, 4) is 0 Å². The van der Waals surface area contributed by atoms with E-state index in [4.69, 9.17) is 5.73 Å². The molecule has 3 N–H and O–H groups in total. The van der Waals surface area contributed by atoms with Gasteiger partial charge in [0, 0.05) is 12.6 Å². The fourth-order valence-corrected chi connectivity index (χ4v) is 3.98. The molecule has 21 heavy (non-hydrogen) atoms. The third kappa shape index (κ3) is 3.72. The molecule has 1 aliphatic rings. The zero-order valence-electron chi connectivity index (χ0n) is 12.4. The summed E-state index contributed by atoms with van der Waals surface area (Å²) in [5, 5.41) is 0. The molecule has 1 unspecified atom stereocenters. The van der Waals surface area contributed by atoms with Gasteiger partial charge in [0.1, 0.15) is 5.82 Å². The van der Waals surface area contributed by atoms with Gasteiger partial charge < -0.3 is 10.6 Å². The van der Waals surface area contributed by atoms with Crippen LogP contribution in [0.5, 0.6) is 0 Å². The lowest BCUT2D eigenvalue weighted by atomic mass is 10.0. The van der Waals surface area contributed by atoms with Crippen molar-refractivity contribution in [2.24, 2.45) is 0 Å². The smallest absolute Gasteiger partial charge is 0.240 e. The molecular weight excluding hydrogens is 293 g/mol. The number of hydrogen-bond donors (Lipinski definition) is 2. The van der Waals surface area contributed by atoms with Crippen LogP contribution in [0.3, 0.4) is 0 Å². The van der Waals surface area contributed by atoms with Gasteiger partial charge in [-0.3, -0.25) is 0 Å². The van der Waals surface area contributed by atoms with Crippen LogP contribution in [0.2, 0.25) is 0 Å². The number of anilines is 1. The fourth-order valence-electron chi connectivity index (χ4n) is 2.64. The molecule has 1 heterocycles. The number of benzene rings is 1. The lowest BCUT2D eigenvalue weighted by molar-refractivity contribution is 0.187. The van der Waals surface area contributed by atoms with E-state index < -0.39 is 15.8 Å². The van der Waals surface area contributed by atoms with Crippen LogP contribution in [-0.2, 0) is 10.0 Å². The molecule has 1 aromatic carbocycles. The zero-order valence-corrected chi connectivity index (χ0v) is 13.2. The predicted octanol–water partition coefficient (Wildman–Crippen LogP) is 1.48. The van der Waals surface area contributed by atoms with Gasteiger partial charge in [-0.2, -0.15) is 0 Å². The Bertz CT molecular complexity index is 619. The van der Waals surface area contributed by atoms with Crippen molar-refractivity contribution in [3.63, 3.8) is 0 Å². The van der Waals surface area contributed by atoms with E-state index in [0.29, 0.717) is 12.1 Å². The molecule has 0 radical (unpaired) electrons. The third-order valence-electron chi connectivity index (χ3n) is 4.01. The number of nitrogens with one attached hydrogen (secondary N) is 1. The van der Waals surface area contributed by atoms with Crippen molar-refractivity contribution < 1.29 is 12.8 Å². The molecule has 0 bridgehead atoms. The Labute approximate surface area is 125 Å². The number of hydrogen-bond acceptors (Lipinski definition) is 4. The maximum absolute atomic E-state index is 13.3. The maximum Gasteiger partial charge on any atom is 0.240 e. The van der Waals surface area contributed by atoms with E-state index in [1.807, 2.05) is 7.05 Å². The second-order valence-electron chi connectivity index (χ2n) is 5.62. The van der Waals surface area contributed by atoms with Crippen molar-refractivity contribution in [1.29, 1.82) is 0 Å².